The fraction of sp³-hybridized carbons (Fsp3) is 0.167. The molecule has 2 rings (SSSR count). The maximum atomic E-state index is 5.34. The van der Waals surface area contributed by atoms with Crippen LogP contribution in [0.1, 0.15) is 17.2 Å². The van der Waals surface area contributed by atoms with Gasteiger partial charge in [-0.2, -0.15) is 0 Å². The highest BCUT2D eigenvalue weighted by Gasteiger charge is 2.12. The van der Waals surface area contributed by atoms with Crippen LogP contribution in [0.5, 0.6) is 0 Å². The summed E-state index contributed by atoms with van der Waals surface area (Å²) in [5.74, 6) is 0. The normalized spacial score (nSPS) is 11.4. The van der Waals surface area contributed by atoms with E-state index in [0.29, 0.717) is 11.7 Å². The highest BCUT2D eigenvalue weighted by molar-refractivity contribution is 7.80. The van der Waals surface area contributed by atoms with Crippen LogP contribution in [0.25, 0.3) is 0 Å². The first-order valence-corrected chi connectivity index (χ1v) is 7.44. The molecule has 0 saturated heterocycles. The van der Waals surface area contributed by atoms with Crippen LogP contribution in [0.3, 0.4) is 0 Å². The third kappa shape index (κ3) is 5.04. The first kappa shape index (κ1) is 15.3. The number of thiocarbonyl (C=S) groups is 1. The van der Waals surface area contributed by atoms with E-state index in [1.165, 1.54) is 11.1 Å². The van der Waals surface area contributed by atoms with E-state index >= 15 is 0 Å². The zero-order valence-corrected chi connectivity index (χ0v) is 12.8. The lowest BCUT2D eigenvalue weighted by atomic mass is 9.99. The molecule has 3 heteroatoms. The Hall–Kier alpha value is -2.13. The second kappa shape index (κ2) is 8.22. The molecule has 0 aliphatic rings. The fourth-order valence-corrected chi connectivity index (χ4v) is 2.39. The minimum absolute atomic E-state index is 0.151. The largest absolute Gasteiger partial charge is 0.359 e. The van der Waals surface area contributed by atoms with Gasteiger partial charge in [0, 0.05) is 6.54 Å². The van der Waals surface area contributed by atoms with Gasteiger partial charge in [-0.25, -0.2) is 0 Å². The molecule has 2 nitrogen and oxygen atoms in total. The molecule has 0 amide bonds. The predicted molar refractivity (Wildman–Crippen MR) is 93.3 cm³/mol. The molecule has 108 valence electrons. The van der Waals surface area contributed by atoms with E-state index < -0.39 is 0 Å². The van der Waals surface area contributed by atoms with Crippen LogP contribution in [0.15, 0.2) is 73.3 Å². The van der Waals surface area contributed by atoms with E-state index in [0.717, 1.165) is 6.42 Å². The monoisotopic (exact) mass is 296 g/mol. The van der Waals surface area contributed by atoms with E-state index in [9.17, 15) is 0 Å². The average Bonchev–Trinajstić information content (AvgIpc) is 2.54. The molecule has 2 aromatic rings. The highest BCUT2D eigenvalue weighted by atomic mass is 32.1. The summed E-state index contributed by atoms with van der Waals surface area (Å²) in [6.45, 7) is 4.35. The maximum absolute atomic E-state index is 5.34. The zero-order valence-electron chi connectivity index (χ0n) is 12.0. The van der Waals surface area contributed by atoms with Crippen molar-refractivity contribution in [3.63, 3.8) is 0 Å². The quantitative estimate of drug-likeness (QED) is 0.629. The topological polar surface area (TPSA) is 24.1 Å². The Balaban J connectivity index is 2.11. The molecule has 2 N–H and O–H groups in total. The van der Waals surface area contributed by atoms with Crippen molar-refractivity contribution >= 4 is 17.3 Å². The Labute approximate surface area is 131 Å². The number of hydrogen-bond acceptors (Lipinski definition) is 1. The minimum atomic E-state index is 0.151. The second-order valence-corrected chi connectivity index (χ2v) is 5.20. The lowest BCUT2D eigenvalue weighted by Gasteiger charge is -2.21. The van der Waals surface area contributed by atoms with Gasteiger partial charge >= 0.3 is 0 Å². The molecule has 1 atom stereocenters. The molecule has 0 unspecified atom stereocenters. The molecule has 0 saturated carbocycles. The van der Waals surface area contributed by atoms with Crippen LogP contribution in [0.2, 0.25) is 0 Å². The van der Waals surface area contributed by atoms with Crippen molar-refractivity contribution in [1.82, 2.24) is 10.6 Å². The summed E-state index contributed by atoms with van der Waals surface area (Å²) in [6, 6.07) is 20.9. The van der Waals surface area contributed by atoms with Gasteiger partial charge in [0.05, 0.1) is 6.04 Å². The van der Waals surface area contributed by atoms with Gasteiger partial charge in [0.2, 0.25) is 0 Å². The molecule has 0 heterocycles. The predicted octanol–water partition coefficient (Wildman–Crippen LogP) is 3.62. The average molecular weight is 296 g/mol. The molecule has 21 heavy (non-hydrogen) atoms. The van der Waals surface area contributed by atoms with Crippen LogP contribution in [0, 0.1) is 0 Å². The minimum Gasteiger partial charge on any atom is -0.359 e. The standard InChI is InChI=1S/C18H20N2S/c1-2-13-19-18(21)20-17(16-11-7-4-8-12-16)14-15-9-5-3-6-10-15/h2-12,17H,1,13-14H2,(H2,19,20,21)/t17-/m1/s1. The Morgan fingerprint density at radius 1 is 1.05 bits per heavy atom. The van der Waals surface area contributed by atoms with E-state index in [4.69, 9.17) is 12.2 Å². The molecule has 0 fully saturated rings. The van der Waals surface area contributed by atoms with Crippen molar-refractivity contribution in [2.45, 2.75) is 12.5 Å². The van der Waals surface area contributed by atoms with Crippen molar-refractivity contribution in [3.05, 3.63) is 84.4 Å². The molecule has 0 spiro atoms. The molecule has 2 aromatic carbocycles. The Morgan fingerprint density at radius 2 is 1.67 bits per heavy atom. The molecular weight excluding hydrogens is 276 g/mol. The van der Waals surface area contributed by atoms with Crippen molar-refractivity contribution < 1.29 is 0 Å². The van der Waals surface area contributed by atoms with Crippen molar-refractivity contribution in [3.8, 4) is 0 Å². The van der Waals surface area contributed by atoms with Crippen molar-refractivity contribution in [2.75, 3.05) is 6.54 Å². The van der Waals surface area contributed by atoms with Gasteiger partial charge in [-0.05, 0) is 29.8 Å². The summed E-state index contributed by atoms with van der Waals surface area (Å²) >= 11 is 5.34. The van der Waals surface area contributed by atoms with E-state index in [-0.39, 0.29) is 6.04 Å². The van der Waals surface area contributed by atoms with E-state index in [2.05, 4.69) is 65.7 Å². The number of benzene rings is 2. The second-order valence-electron chi connectivity index (χ2n) is 4.80. The summed E-state index contributed by atoms with van der Waals surface area (Å²) < 4.78 is 0. The Kier molecular flexibility index (Phi) is 5.98. The van der Waals surface area contributed by atoms with Crippen LogP contribution >= 0.6 is 12.2 Å². The SMILES string of the molecule is C=CCNC(=S)N[C@H](Cc1ccccc1)c1ccccc1. The van der Waals surface area contributed by atoms with E-state index in [1.54, 1.807) is 6.08 Å². The third-order valence-electron chi connectivity index (χ3n) is 3.20. The number of rotatable bonds is 6. The van der Waals surface area contributed by atoms with Crippen molar-refractivity contribution in [2.24, 2.45) is 0 Å². The van der Waals surface area contributed by atoms with Crippen LogP contribution in [-0.4, -0.2) is 11.7 Å². The summed E-state index contributed by atoms with van der Waals surface area (Å²) in [5.41, 5.74) is 2.51. The van der Waals surface area contributed by atoms with Crippen LogP contribution in [-0.2, 0) is 6.42 Å². The first-order chi connectivity index (χ1) is 10.3. The first-order valence-electron chi connectivity index (χ1n) is 7.03. The van der Waals surface area contributed by atoms with Gasteiger partial charge < -0.3 is 10.6 Å². The van der Waals surface area contributed by atoms with Gasteiger partial charge in [-0.3, -0.25) is 0 Å². The molecule has 0 aromatic heterocycles. The third-order valence-corrected chi connectivity index (χ3v) is 3.46. The molecule has 0 aliphatic carbocycles. The smallest absolute Gasteiger partial charge is 0.167 e. The number of hydrogen-bond donors (Lipinski definition) is 2. The molecule has 0 bridgehead atoms. The Bertz CT molecular complexity index is 566. The Morgan fingerprint density at radius 3 is 2.29 bits per heavy atom. The molecule has 0 radical (unpaired) electrons. The highest BCUT2D eigenvalue weighted by Crippen LogP contribution is 2.18. The van der Waals surface area contributed by atoms with Gasteiger partial charge in [0.1, 0.15) is 0 Å². The van der Waals surface area contributed by atoms with Gasteiger partial charge in [-0.1, -0.05) is 66.7 Å². The lowest BCUT2D eigenvalue weighted by molar-refractivity contribution is 0.637. The maximum Gasteiger partial charge on any atom is 0.167 e. The summed E-state index contributed by atoms with van der Waals surface area (Å²) in [4.78, 5) is 0. The van der Waals surface area contributed by atoms with Crippen LogP contribution < -0.4 is 10.6 Å². The van der Waals surface area contributed by atoms with Gasteiger partial charge in [-0.15, -0.1) is 6.58 Å². The summed E-state index contributed by atoms with van der Waals surface area (Å²) in [6.07, 6.45) is 2.68. The van der Waals surface area contributed by atoms with Crippen molar-refractivity contribution in [1.29, 1.82) is 0 Å². The van der Waals surface area contributed by atoms with Gasteiger partial charge in [0.25, 0.3) is 0 Å². The lowest BCUT2D eigenvalue weighted by Crippen LogP contribution is -2.38. The molecular formula is C18H20N2S. The van der Waals surface area contributed by atoms with Crippen LogP contribution in [0.4, 0.5) is 0 Å². The van der Waals surface area contributed by atoms with E-state index in [1.807, 2.05) is 12.1 Å². The zero-order chi connectivity index (χ0) is 14.9. The van der Waals surface area contributed by atoms with Gasteiger partial charge in [0.15, 0.2) is 5.11 Å². The number of nitrogens with one attached hydrogen (secondary N) is 2. The summed E-state index contributed by atoms with van der Waals surface area (Å²) in [5, 5.41) is 7.16. The summed E-state index contributed by atoms with van der Waals surface area (Å²) in [7, 11) is 0. The molecule has 0 aliphatic heterocycles. The fourth-order valence-electron chi connectivity index (χ4n) is 2.16.